The Balaban J connectivity index is 1.34. The van der Waals surface area contributed by atoms with Gasteiger partial charge in [0.1, 0.15) is 11.4 Å². The Bertz CT molecular complexity index is 867. The van der Waals surface area contributed by atoms with Gasteiger partial charge in [0.15, 0.2) is 0 Å². The Morgan fingerprint density at radius 3 is 2.84 bits per heavy atom. The molecule has 4 rings (SSSR count). The molecule has 128 valence electrons. The van der Waals surface area contributed by atoms with E-state index < -0.39 is 0 Å². The van der Waals surface area contributed by atoms with E-state index in [4.69, 9.17) is 9.63 Å². The van der Waals surface area contributed by atoms with E-state index in [9.17, 15) is 4.79 Å². The van der Waals surface area contributed by atoms with Gasteiger partial charge >= 0.3 is 0 Å². The zero-order valence-corrected chi connectivity index (χ0v) is 13.4. The summed E-state index contributed by atoms with van der Waals surface area (Å²) < 4.78 is 6.89. The Morgan fingerprint density at radius 2 is 2.12 bits per heavy atom. The van der Waals surface area contributed by atoms with Crippen molar-refractivity contribution in [1.29, 1.82) is 0 Å². The number of nitrogens with zero attached hydrogens (tertiary/aromatic N) is 4. The monoisotopic (exact) mass is 339 g/mol. The molecule has 1 fully saturated rings. The highest BCUT2D eigenvalue weighted by molar-refractivity contribution is 5.92. The van der Waals surface area contributed by atoms with Gasteiger partial charge in [-0.3, -0.25) is 4.79 Å². The van der Waals surface area contributed by atoms with Gasteiger partial charge in [-0.15, -0.1) is 5.10 Å². The fourth-order valence-corrected chi connectivity index (χ4v) is 2.87. The summed E-state index contributed by atoms with van der Waals surface area (Å²) in [6, 6.07) is 11.4. The number of amides is 1. The van der Waals surface area contributed by atoms with Gasteiger partial charge in [-0.2, -0.15) is 0 Å². The lowest BCUT2D eigenvalue weighted by Crippen LogP contribution is -2.45. The van der Waals surface area contributed by atoms with Gasteiger partial charge in [-0.1, -0.05) is 40.7 Å². The van der Waals surface area contributed by atoms with Crippen LogP contribution in [0.3, 0.4) is 0 Å². The first kappa shape index (κ1) is 15.5. The summed E-state index contributed by atoms with van der Waals surface area (Å²) >= 11 is 0. The number of benzene rings is 1. The molecular formula is C17H17N5O3. The molecule has 25 heavy (non-hydrogen) atoms. The second-order valence-corrected chi connectivity index (χ2v) is 6.09. The smallest absolute Gasteiger partial charge is 0.290 e. The van der Waals surface area contributed by atoms with Crippen molar-refractivity contribution in [2.45, 2.75) is 31.5 Å². The van der Waals surface area contributed by atoms with Crippen molar-refractivity contribution in [3.8, 4) is 11.3 Å². The molecule has 8 heteroatoms. The van der Waals surface area contributed by atoms with E-state index in [-0.39, 0.29) is 30.4 Å². The lowest BCUT2D eigenvalue weighted by atomic mass is 9.87. The van der Waals surface area contributed by atoms with Crippen molar-refractivity contribution in [3.05, 3.63) is 54.0 Å². The van der Waals surface area contributed by atoms with E-state index in [2.05, 4.69) is 20.8 Å². The van der Waals surface area contributed by atoms with E-state index in [0.29, 0.717) is 11.4 Å². The van der Waals surface area contributed by atoms with Crippen LogP contribution in [0.5, 0.6) is 0 Å². The second kappa shape index (κ2) is 6.48. The van der Waals surface area contributed by atoms with E-state index >= 15 is 0 Å². The number of aliphatic hydroxyl groups excluding tert-OH is 1. The largest absolute Gasteiger partial charge is 0.390 e. The summed E-state index contributed by atoms with van der Waals surface area (Å²) in [5.74, 6) is -0.0709. The molecular weight excluding hydrogens is 322 g/mol. The Hall–Kier alpha value is -3.00. The summed E-state index contributed by atoms with van der Waals surface area (Å²) in [5.41, 5.74) is 2.08. The van der Waals surface area contributed by atoms with Crippen LogP contribution < -0.4 is 5.32 Å². The molecule has 1 aliphatic carbocycles. The lowest BCUT2D eigenvalue weighted by Gasteiger charge is -2.35. The average Bonchev–Trinajstić information content (AvgIpc) is 3.27. The summed E-state index contributed by atoms with van der Waals surface area (Å²) in [6.45, 7) is -0.123. The standard InChI is InChI=1S/C17H17N5O3/c23-10-13-9-22(21-19-13)14-6-12(7-14)18-17(24)16-8-15(20-25-16)11-4-2-1-3-5-11/h1-5,8-9,12,14,23H,6-7,10H2,(H,18,24). The van der Waals surface area contributed by atoms with E-state index in [1.54, 1.807) is 16.9 Å². The molecule has 0 atom stereocenters. The number of rotatable bonds is 5. The van der Waals surface area contributed by atoms with Crippen LogP contribution in [0.15, 0.2) is 47.1 Å². The fraction of sp³-hybridized carbons (Fsp3) is 0.294. The molecule has 1 aromatic carbocycles. The molecule has 0 radical (unpaired) electrons. The minimum absolute atomic E-state index is 0.0598. The zero-order valence-electron chi connectivity index (χ0n) is 13.4. The first-order valence-corrected chi connectivity index (χ1v) is 8.07. The van der Waals surface area contributed by atoms with Gasteiger partial charge in [0.25, 0.3) is 5.91 Å². The Morgan fingerprint density at radius 1 is 1.32 bits per heavy atom. The third kappa shape index (κ3) is 3.16. The highest BCUT2D eigenvalue weighted by Crippen LogP contribution is 2.31. The molecule has 0 spiro atoms. The van der Waals surface area contributed by atoms with Crippen LogP contribution in [-0.2, 0) is 6.61 Å². The Labute approximate surface area is 143 Å². The van der Waals surface area contributed by atoms with E-state index in [1.807, 2.05) is 30.3 Å². The summed E-state index contributed by atoms with van der Waals surface area (Å²) in [5, 5.41) is 23.7. The quantitative estimate of drug-likeness (QED) is 0.731. The minimum atomic E-state index is -0.271. The number of carbonyl (C=O) groups excluding carboxylic acids is 1. The molecule has 1 amide bonds. The van der Waals surface area contributed by atoms with Crippen molar-refractivity contribution in [2.24, 2.45) is 0 Å². The van der Waals surface area contributed by atoms with Crippen LogP contribution in [0.4, 0.5) is 0 Å². The molecule has 0 aliphatic heterocycles. The highest BCUT2D eigenvalue weighted by atomic mass is 16.5. The average molecular weight is 339 g/mol. The van der Waals surface area contributed by atoms with Crippen LogP contribution in [-0.4, -0.2) is 37.2 Å². The van der Waals surface area contributed by atoms with Crippen LogP contribution in [0, 0.1) is 0 Å². The first-order valence-electron chi connectivity index (χ1n) is 8.07. The lowest BCUT2D eigenvalue weighted by molar-refractivity contribution is 0.0850. The topological polar surface area (TPSA) is 106 Å². The van der Waals surface area contributed by atoms with Crippen molar-refractivity contribution >= 4 is 5.91 Å². The minimum Gasteiger partial charge on any atom is -0.390 e. The van der Waals surface area contributed by atoms with Crippen molar-refractivity contribution < 1.29 is 14.4 Å². The molecule has 2 N–H and O–H groups in total. The van der Waals surface area contributed by atoms with Crippen molar-refractivity contribution in [1.82, 2.24) is 25.5 Å². The number of hydrogen-bond donors (Lipinski definition) is 2. The van der Waals surface area contributed by atoms with Gasteiger partial charge in [0.05, 0.1) is 18.8 Å². The fourth-order valence-electron chi connectivity index (χ4n) is 2.87. The van der Waals surface area contributed by atoms with Crippen LogP contribution in [0.25, 0.3) is 11.3 Å². The maximum atomic E-state index is 12.3. The summed E-state index contributed by atoms with van der Waals surface area (Å²) in [7, 11) is 0. The second-order valence-electron chi connectivity index (χ2n) is 6.09. The number of carbonyl (C=O) groups is 1. The van der Waals surface area contributed by atoms with Crippen molar-refractivity contribution in [2.75, 3.05) is 0 Å². The zero-order chi connectivity index (χ0) is 17.2. The molecule has 0 saturated heterocycles. The van der Waals surface area contributed by atoms with Crippen LogP contribution >= 0.6 is 0 Å². The van der Waals surface area contributed by atoms with E-state index in [0.717, 1.165) is 18.4 Å². The summed E-state index contributed by atoms with van der Waals surface area (Å²) in [6.07, 6.45) is 3.25. The van der Waals surface area contributed by atoms with Gasteiger partial charge in [0.2, 0.25) is 5.76 Å². The molecule has 1 saturated carbocycles. The van der Waals surface area contributed by atoms with Gasteiger partial charge < -0.3 is 14.9 Å². The number of hydrogen-bond acceptors (Lipinski definition) is 6. The van der Waals surface area contributed by atoms with Crippen LogP contribution in [0.1, 0.15) is 35.1 Å². The van der Waals surface area contributed by atoms with Gasteiger partial charge in [-0.05, 0) is 12.8 Å². The van der Waals surface area contributed by atoms with E-state index in [1.165, 1.54) is 0 Å². The van der Waals surface area contributed by atoms with Gasteiger partial charge in [-0.25, -0.2) is 4.68 Å². The molecule has 8 nitrogen and oxygen atoms in total. The molecule has 0 unspecified atom stereocenters. The maximum Gasteiger partial charge on any atom is 0.290 e. The van der Waals surface area contributed by atoms with Crippen molar-refractivity contribution in [3.63, 3.8) is 0 Å². The number of nitrogens with one attached hydrogen (secondary N) is 1. The Kier molecular flexibility index (Phi) is 4.02. The molecule has 1 aliphatic rings. The number of aliphatic hydroxyl groups is 1. The molecule has 2 heterocycles. The maximum absolute atomic E-state index is 12.3. The predicted molar refractivity (Wildman–Crippen MR) is 87.4 cm³/mol. The first-order chi connectivity index (χ1) is 12.2. The highest BCUT2D eigenvalue weighted by Gasteiger charge is 2.33. The molecule has 2 aromatic heterocycles. The van der Waals surface area contributed by atoms with Gasteiger partial charge in [0, 0.05) is 17.7 Å². The third-order valence-electron chi connectivity index (χ3n) is 4.35. The third-order valence-corrected chi connectivity index (χ3v) is 4.35. The normalized spacial score (nSPS) is 19.4. The molecule has 0 bridgehead atoms. The SMILES string of the molecule is O=C(NC1CC(n2cc(CO)nn2)C1)c1cc(-c2ccccc2)no1. The molecule has 3 aromatic rings. The van der Waals surface area contributed by atoms with Crippen LogP contribution in [0.2, 0.25) is 0 Å². The summed E-state index contributed by atoms with van der Waals surface area (Å²) in [4.78, 5) is 12.3. The number of aromatic nitrogens is 4. The predicted octanol–water partition coefficient (Wildman–Crippen LogP) is 1.56.